The number of benzene rings is 3. The lowest BCUT2D eigenvalue weighted by molar-refractivity contribution is -0.183. The molecular formula is C28H23ClFNO4. The number of aliphatic carboxylic acids is 1. The van der Waals surface area contributed by atoms with Crippen LogP contribution in [0.15, 0.2) is 66.7 Å². The summed E-state index contributed by atoms with van der Waals surface area (Å²) in [5, 5.41) is 12.6. The fourth-order valence-electron chi connectivity index (χ4n) is 6.61. The van der Waals surface area contributed by atoms with Gasteiger partial charge in [-0.15, -0.1) is 0 Å². The maximum Gasteiger partial charge on any atom is 0.407 e. The fourth-order valence-corrected chi connectivity index (χ4v) is 6.93. The average molecular weight is 492 g/mol. The monoisotopic (exact) mass is 491 g/mol. The molecule has 0 heterocycles. The molecule has 4 aliphatic rings. The number of rotatable bonds is 6. The van der Waals surface area contributed by atoms with Crippen LogP contribution in [0.25, 0.3) is 11.1 Å². The molecule has 178 valence electrons. The summed E-state index contributed by atoms with van der Waals surface area (Å²) < 4.78 is 19.5. The van der Waals surface area contributed by atoms with E-state index in [1.807, 2.05) is 36.4 Å². The van der Waals surface area contributed by atoms with Crippen molar-refractivity contribution in [1.82, 2.24) is 5.32 Å². The van der Waals surface area contributed by atoms with Crippen molar-refractivity contribution >= 4 is 23.7 Å². The van der Waals surface area contributed by atoms with Crippen molar-refractivity contribution in [2.45, 2.75) is 36.6 Å². The summed E-state index contributed by atoms with van der Waals surface area (Å²) in [6.07, 6.45) is 0.846. The van der Waals surface area contributed by atoms with Crippen LogP contribution in [0.1, 0.15) is 41.9 Å². The fraction of sp³-hybridized carbons (Fsp3) is 0.286. The van der Waals surface area contributed by atoms with Crippen LogP contribution in [0.2, 0.25) is 5.02 Å². The highest BCUT2D eigenvalue weighted by molar-refractivity contribution is 6.31. The molecule has 4 aliphatic carbocycles. The number of carbonyl (C=O) groups excluding carboxylic acids is 1. The van der Waals surface area contributed by atoms with Gasteiger partial charge in [0.2, 0.25) is 0 Å². The van der Waals surface area contributed by atoms with Gasteiger partial charge < -0.3 is 15.2 Å². The summed E-state index contributed by atoms with van der Waals surface area (Å²) in [6.45, 7) is 0.113. The van der Waals surface area contributed by atoms with E-state index in [2.05, 4.69) is 17.4 Å². The minimum atomic E-state index is -1.10. The van der Waals surface area contributed by atoms with Crippen LogP contribution in [0.4, 0.5) is 9.18 Å². The molecule has 3 aromatic rings. The van der Waals surface area contributed by atoms with E-state index in [0.717, 1.165) is 22.3 Å². The van der Waals surface area contributed by atoms with Crippen LogP contribution < -0.4 is 5.32 Å². The van der Waals surface area contributed by atoms with Crippen LogP contribution in [0.5, 0.6) is 0 Å². The Balaban J connectivity index is 1.14. The van der Waals surface area contributed by atoms with Crippen molar-refractivity contribution in [1.29, 1.82) is 0 Å². The third-order valence-electron chi connectivity index (χ3n) is 8.06. The molecule has 7 heteroatoms. The van der Waals surface area contributed by atoms with Crippen LogP contribution in [0.3, 0.4) is 0 Å². The second-order valence-corrected chi connectivity index (χ2v) is 10.4. The van der Waals surface area contributed by atoms with Crippen molar-refractivity contribution in [2.24, 2.45) is 5.41 Å². The van der Waals surface area contributed by atoms with Gasteiger partial charge in [0.05, 0.1) is 5.02 Å². The van der Waals surface area contributed by atoms with Crippen molar-refractivity contribution in [2.75, 3.05) is 6.61 Å². The first-order valence-electron chi connectivity index (χ1n) is 11.6. The van der Waals surface area contributed by atoms with Crippen molar-refractivity contribution < 1.29 is 23.8 Å². The average Bonchev–Trinajstić information content (AvgIpc) is 3.11. The number of carbonyl (C=O) groups is 2. The molecule has 2 N–H and O–H groups in total. The number of ether oxygens (including phenoxy) is 1. The molecular weight excluding hydrogens is 469 g/mol. The number of nitrogens with one attached hydrogen (secondary N) is 1. The quantitative estimate of drug-likeness (QED) is 0.450. The van der Waals surface area contributed by atoms with Crippen LogP contribution in [-0.4, -0.2) is 29.8 Å². The Bertz CT molecular complexity index is 1310. The molecule has 1 unspecified atom stereocenters. The lowest BCUT2D eigenvalue weighted by atomic mass is 9.31. The molecule has 3 saturated carbocycles. The molecule has 0 saturated heterocycles. The van der Waals surface area contributed by atoms with Crippen LogP contribution in [-0.2, 0) is 14.9 Å². The highest BCUT2D eigenvalue weighted by Gasteiger charge is 2.73. The largest absolute Gasteiger partial charge is 0.480 e. The van der Waals surface area contributed by atoms with E-state index in [1.54, 1.807) is 12.1 Å². The summed E-state index contributed by atoms with van der Waals surface area (Å²) in [4.78, 5) is 24.8. The molecule has 35 heavy (non-hydrogen) atoms. The van der Waals surface area contributed by atoms with E-state index >= 15 is 0 Å². The Morgan fingerprint density at radius 3 is 2.20 bits per heavy atom. The first-order valence-corrected chi connectivity index (χ1v) is 12.0. The first-order chi connectivity index (χ1) is 16.8. The molecule has 1 atom stereocenters. The second-order valence-electron chi connectivity index (χ2n) is 10.0. The summed E-state index contributed by atoms with van der Waals surface area (Å²) >= 11 is 6.18. The maximum atomic E-state index is 13.9. The van der Waals surface area contributed by atoms with E-state index in [-0.39, 0.29) is 23.0 Å². The lowest BCUT2D eigenvalue weighted by Crippen LogP contribution is -2.73. The van der Waals surface area contributed by atoms with Gasteiger partial charge >= 0.3 is 12.1 Å². The highest BCUT2D eigenvalue weighted by atomic mass is 35.5. The summed E-state index contributed by atoms with van der Waals surface area (Å²) in [7, 11) is 0. The molecule has 3 aromatic carbocycles. The van der Waals surface area contributed by atoms with Crippen LogP contribution >= 0.6 is 11.6 Å². The van der Waals surface area contributed by atoms with Crippen molar-refractivity contribution in [3.05, 3.63) is 94.3 Å². The zero-order valence-corrected chi connectivity index (χ0v) is 19.5. The standard InChI is InChI=1S/C28H23ClFNO4/c29-23-21(10-5-11-22(23)30)27-13-28(14-27,15-27)24(25(32)33)31-26(34)35-12-20-18-8-3-1-6-16(18)17-7-2-4-9-19(17)20/h1-11,20,24H,12-15H2,(H,31,34)(H,32,33). The number of carboxylic acid groups (broad SMARTS) is 1. The van der Waals surface area contributed by atoms with E-state index in [1.165, 1.54) is 6.07 Å². The number of amides is 1. The SMILES string of the molecule is O=C(NC(C(=O)O)C12CC(c3cccc(F)c3Cl)(C1)C2)OCC1c2ccccc2-c2ccccc21. The van der Waals surface area contributed by atoms with Gasteiger partial charge in [0.1, 0.15) is 18.5 Å². The van der Waals surface area contributed by atoms with E-state index in [9.17, 15) is 19.1 Å². The number of alkyl carbamates (subject to hydrolysis) is 1. The number of carboxylic acids is 1. The molecule has 2 bridgehead atoms. The predicted octanol–water partition coefficient (Wildman–Crippen LogP) is 5.89. The summed E-state index contributed by atoms with van der Waals surface area (Å²) in [5.74, 6) is -1.68. The van der Waals surface area contributed by atoms with Crippen LogP contribution in [0, 0.1) is 11.2 Å². The van der Waals surface area contributed by atoms with Gasteiger partial charge in [-0.25, -0.2) is 14.0 Å². The smallest absolute Gasteiger partial charge is 0.407 e. The Morgan fingerprint density at radius 1 is 1.00 bits per heavy atom. The molecule has 0 aromatic heterocycles. The van der Waals surface area contributed by atoms with Gasteiger partial charge in [0.15, 0.2) is 0 Å². The molecule has 3 fully saturated rings. The number of hydrogen-bond acceptors (Lipinski definition) is 3. The van der Waals surface area contributed by atoms with Gasteiger partial charge in [-0.2, -0.15) is 0 Å². The van der Waals surface area contributed by atoms with Crippen molar-refractivity contribution in [3.8, 4) is 11.1 Å². The highest BCUT2D eigenvalue weighted by Crippen LogP contribution is 2.75. The second kappa shape index (κ2) is 7.82. The van der Waals surface area contributed by atoms with Crippen molar-refractivity contribution in [3.63, 3.8) is 0 Å². The molecule has 7 rings (SSSR count). The third-order valence-corrected chi connectivity index (χ3v) is 8.44. The first kappa shape index (κ1) is 22.1. The van der Waals surface area contributed by atoms with Gasteiger partial charge in [0, 0.05) is 11.3 Å². The molecule has 0 aliphatic heterocycles. The number of halogens is 2. The minimum Gasteiger partial charge on any atom is -0.480 e. The molecule has 0 spiro atoms. The predicted molar refractivity (Wildman–Crippen MR) is 129 cm³/mol. The number of fused-ring (bicyclic) bond motifs is 3. The van der Waals surface area contributed by atoms with E-state index in [0.29, 0.717) is 24.8 Å². The van der Waals surface area contributed by atoms with Gasteiger partial charge in [-0.05, 0) is 58.6 Å². The van der Waals surface area contributed by atoms with Gasteiger partial charge in [-0.3, -0.25) is 0 Å². The van der Waals surface area contributed by atoms with E-state index in [4.69, 9.17) is 16.3 Å². The number of hydrogen-bond donors (Lipinski definition) is 2. The minimum absolute atomic E-state index is 0.0946. The molecule has 5 nitrogen and oxygen atoms in total. The Hall–Kier alpha value is -3.38. The topological polar surface area (TPSA) is 75.6 Å². The molecule has 1 amide bonds. The van der Waals surface area contributed by atoms with Gasteiger partial charge in [-0.1, -0.05) is 72.3 Å². The van der Waals surface area contributed by atoms with E-state index < -0.39 is 29.3 Å². The van der Waals surface area contributed by atoms with Gasteiger partial charge in [0.25, 0.3) is 0 Å². The zero-order chi connectivity index (χ0) is 24.4. The summed E-state index contributed by atoms with van der Waals surface area (Å²) in [5.41, 5.74) is 4.23. The Labute approximate surface area is 206 Å². The normalized spacial score (nSPS) is 24.4. The lowest BCUT2D eigenvalue weighted by Gasteiger charge is -2.72. The summed E-state index contributed by atoms with van der Waals surface area (Å²) in [6, 6.07) is 19.7. The Morgan fingerprint density at radius 2 is 1.60 bits per heavy atom. The zero-order valence-electron chi connectivity index (χ0n) is 18.8. The maximum absolute atomic E-state index is 13.9. The molecule has 0 radical (unpaired) electrons. The Kier molecular flexibility index (Phi) is 4.94. The third kappa shape index (κ3) is 3.27.